The Hall–Kier alpha value is -2.48. The topological polar surface area (TPSA) is 16.8 Å². The molecule has 19 heavy (non-hydrogen) atoms. The first-order valence-corrected chi connectivity index (χ1v) is 6.41. The third-order valence-electron chi connectivity index (χ3n) is 3.72. The van der Waals surface area contributed by atoms with Crippen molar-refractivity contribution in [1.29, 1.82) is 0 Å². The maximum Gasteiger partial charge on any atom is 0.232 e. The number of aryl methyl sites for hydroxylation is 1. The van der Waals surface area contributed by atoms with Crippen molar-refractivity contribution >= 4 is 32.8 Å². The molecule has 3 aromatic carbocycles. The van der Waals surface area contributed by atoms with Crippen molar-refractivity contribution in [1.82, 2.24) is 4.98 Å². The van der Waals surface area contributed by atoms with Gasteiger partial charge >= 0.3 is 0 Å². The van der Waals surface area contributed by atoms with Gasteiger partial charge < -0.3 is 0 Å². The summed E-state index contributed by atoms with van der Waals surface area (Å²) in [6.45, 7) is 0. The van der Waals surface area contributed by atoms with Gasteiger partial charge in [0.1, 0.15) is 18.1 Å². The van der Waals surface area contributed by atoms with Crippen molar-refractivity contribution in [2.24, 2.45) is 7.05 Å². The number of nitrogens with zero attached hydrogens (tertiary/aromatic N) is 2. The number of para-hydroxylation sites is 2. The van der Waals surface area contributed by atoms with Crippen LogP contribution in [-0.4, -0.2) is 4.98 Å². The summed E-state index contributed by atoms with van der Waals surface area (Å²) in [7, 11) is 2.10. The zero-order valence-electron chi connectivity index (χ0n) is 10.7. The molecule has 0 bridgehead atoms. The summed E-state index contributed by atoms with van der Waals surface area (Å²) >= 11 is 0. The first kappa shape index (κ1) is 10.4. The van der Waals surface area contributed by atoms with Gasteiger partial charge in [0.25, 0.3) is 0 Å². The van der Waals surface area contributed by atoms with Gasteiger partial charge in [0.05, 0.1) is 0 Å². The van der Waals surface area contributed by atoms with Crippen molar-refractivity contribution in [3.63, 3.8) is 0 Å². The summed E-state index contributed by atoms with van der Waals surface area (Å²) in [6, 6.07) is 21.0. The molecule has 0 fully saturated rings. The minimum absolute atomic E-state index is 1.04. The zero-order valence-corrected chi connectivity index (χ0v) is 10.7. The molecule has 0 aliphatic heterocycles. The van der Waals surface area contributed by atoms with E-state index in [2.05, 4.69) is 66.2 Å². The Morgan fingerprint density at radius 3 is 2.53 bits per heavy atom. The third kappa shape index (κ3) is 1.43. The number of benzene rings is 3. The van der Waals surface area contributed by atoms with Crippen LogP contribution in [0.1, 0.15) is 0 Å². The lowest BCUT2D eigenvalue weighted by molar-refractivity contribution is -0.617. The number of hydrogen-bond donors (Lipinski definition) is 0. The highest BCUT2D eigenvalue weighted by molar-refractivity contribution is 6.04. The molecule has 90 valence electrons. The average molecular weight is 245 g/mol. The number of rotatable bonds is 0. The third-order valence-corrected chi connectivity index (χ3v) is 3.72. The van der Waals surface area contributed by atoms with E-state index in [1.165, 1.54) is 10.8 Å². The Bertz CT molecular complexity index is 926. The van der Waals surface area contributed by atoms with E-state index in [0.717, 1.165) is 22.1 Å². The molecular weight excluding hydrogens is 232 g/mol. The first-order chi connectivity index (χ1) is 9.34. The molecule has 0 unspecified atom stereocenters. The lowest BCUT2D eigenvalue weighted by Gasteiger charge is -2.04. The van der Waals surface area contributed by atoms with E-state index < -0.39 is 0 Å². The van der Waals surface area contributed by atoms with Crippen molar-refractivity contribution in [3.8, 4) is 0 Å². The van der Waals surface area contributed by atoms with Crippen LogP contribution in [0.3, 0.4) is 0 Å². The predicted octanol–water partition coefficient (Wildman–Crippen LogP) is 3.37. The van der Waals surface area contributed by atoms with Crippen LogP contribution in [0.25, 0.3) is 32.8 Å². The monoisotopic (exact) mass is 245 g/mol. The minimum atomic E-state index is 1.04. The summed E-state index contributed by atoms with van der Waals surface area (Å²) in [5.41, 5.74) is 4.43. The quantitative estimate of drug-likeness (QED) is 0.264. The molecule has 0 saturated carbocycles. The number of aromatic nitrogens is 2. The van der Waals surface area contributed by atoms with E-state index in [1.807, 2.05) is 6.07 Å². The van der Waals surface area contributed by atoms with Crippen LogP contribution < -0.4 is 4.57 Å². The molecule has 0 N–H and O–H groups in total. The van der Waals surface area contributed by atoms with Crippen LogP contribution >= 0.6 is 0 Å². The largest absolute Gasteiger partial charge is 0.234 e. The van der Waals surface area contributed by atoms with E-state index in [4.69, 9.17) is 4.98 Å². The Labute approximate surface area is 110 Å². The van der Waals surface area contributed by atoms with Crippen LogP contribution in [0.4, 0.5) is 0 Å². The van der Waals surface area contributed by atoms with Gasteiger partial charge in [-0.25, -0.2) is 4.98 Å². The van der Waals surface area contributed by atoms with Gasteiger partial charge in [-0.05, 0) is 17.5 Å². The lowest BCUT2D eigenvalue weighted by atomic mass is 10.1. The van der Waals surface area contributed by atoms with Gasteiger partial charge in [0.15, 0.2) is 0 Å². The Morgan fingerprint density at radius 2 is 1.58 bits per heavy atom. The summed E-state index contributed by atoms with van der Waals surface area (Å²) in [5, 5.41) is 2.44. The number of hydrogen-bond acceptors (Lipinski definition) is 1. The van der Waals surface area contributed by atoms with E-state index in [0.29, 0.717) is 0 Å². The minimum Gasteiger partial charge on any atom is -0.234 e. The predicted molar refractivity (Wildman–Crippen MR) is 77.9 cm³/mol. The fourth-order valence-electron chi connectivity index (χ4n) is 2.72. The highest BCUT2D eigenvalue weighted by Gasteiger charge is 2.14. The van der Waals surface area contributed by atoms with Crippen LogP contribution in [0.5, 0.6) is 0 Å². The molecule has 2 nitrogen and oxygen atoms in total. The van der Waals surface area contributed by atoms with Crippen molar-refractivity contribution in [2.45, 2.75) is 0 Å². The molecular formula is C17H13N2+. The molecule has 2 heteroatoms. The first-order valence-electron chi connectivity index (χ1n) is 6.41. The molecule has 4 rings (SSSR count). The Balaban J connectivity index is 2.32. The van der Waals surface area contributed by atoms with Crippen molar-refractivity contribution in [3.05, 3.63) is 60.7 Å². The van der Waals surface area contributed by atoms with Crippen molar-refractivity contribution < 1.29 is 4.57 Å². The van der Waals surface area contributed by atoms with Crippen molar-refractivity contribution in [2.75, 3.05) is 0 Å². The van der Waals surface area contributed by atoms with Crippen LogP contribution in [-0.2, 0) is 7.05 Å². The van der Waals surface area contributed by atoms with Gasteiger partial charge in [0, 0.05) is 17.5 Å². The molecule has 4 aromatic rings. The zero-order chi connectivity index (χ0) is 12.8. The molecule has 0 aliphatic carbocycles. The SMILES string of the molecule is C[n+]1c2ccccc2nc2c3ccccc3ccc21. The summed E-state index contributed by atoms with van der Waals surface area (Å²) in [4.78, 5) is 4.85. The van der Waals surface area contributed by atoms with Crippen LogP contribution in [0.15, 0.2) is 60.7 Å². The molecule has 0 saturated heterocycles. The summed E-state index contributed by atoms with van der Waals surface area (Å²) in [5.74, 6) is 0. The Morgan fingerprint density at radius 1 is 0.789 bits per heavy atom. The van der Waals surface area contributed by atoms with E-state index in [-0.39, 0.29) is 0 Å². The molecule has 1 heterocycles. The van der Waals surface area contributed by atoms with Gasteiger partial charge in [-0.1, -0.05) is 36.4 Å². The molecule has 1 aromatic heterocycles. The molecule has 0 amide bonds. The highest BCUT2D eigenvalue weighted by Crippen LogP contribution is 2.23. The maximum absolute atomic E-state index is 4.85. The van der Waals surface area contributed by atoms with E-state index in [1.54, 1.807) is 0 Å². The fourth-order valence-corrected chi connectivity index (χ4v) is 2.72. The smallest absolute Gasteiger partial charge is 0.232 e. The summed E-state index contributed by atoms with van der Waals surface area (Å²) in [6.07, 6.45) is 0. The van der Waals surface area contributed by atoms with Gasteiger partial charge in [-0.3, -0.25) is 0 Å². The second kappa shape index (κ2) is 3.75. The maximum atomic E-state index is 4.85. The second-order valence-corrected chi connectivity index (χ2v) is 4.81. The normalized spacial score (nSPS) is 11.4. The average Bonchev–Trinajstić information content (AvgIpc) is 2.47. The highest BCUT2D eigenvalue weighted by atomic mass is 15.0. The van der Waals surface area contributed by atoms with Gasteiger partial charge in [0.2, 0.25) is 11.0 Å². The Kier molecular flexibility index (Phi) is 2.06. The van der Waals surface area contributed by atoms with Gasteiger partial charge in [-0.2, -0.15) is 4.57 Å². The van der Waals surface area contributed by atoms with Gasteiger partial charge in [-0.15, -0.1) is 0 Å². The van der Waals surface area contributed by atoms with E-state index >= 15 is 0 Å². The fraction of sp³-hybridized carbons (Fsp3) is 0.0588. The van der Waals surface area contributed by atoms with Crippen LogP contribution in [0.2, 0.25) is 0 Å². The lowest BCUT2D eigenvalue weighted by Crippen LogP contribution is -2.30. The summed E-state index contributed by atoms with van der Waals surface area (Å²) < 4.78 is 2.21. The number of fused-ring (bicyclic) bond motifs is 4. The molecule has 0 spiro atoms. The second-order valence-electron chi connectivity index (χ2n) is 4.81. The van der Waals surface area contributed by atoms with Crippen LogP contribution in [0, 0.1) is 0 Å². The molecule has 0 aliphatic rings. The molecule has 0 atom stereocenters. The standard InChI is InChI=1S/C17H13N2/c1-19-15-9-5-4-8-14(15)18-17-13-7-3-2-6-12(13)10-11-16(17)19/h2-11H,1H3/q+1. The van der Waals surface area contributed by atoms with E-state index in [9.17, 15) is 0 Å². The molecule has 0 radical (unpaired) electrons.